The van der Waals surface area contributed by atoms with Crippen molar-refractivity contribution in [3.63, 3.8) is 0 Å². The Morgan fingerprint density at radius 1 is 0.743 bits per heavy atom. The lowest BCUT2D eigenvalue weighted by Gasteiger charge is -2.05. The third-order valence-electron chi connectivity index (χ3n) is 6.55. The molecule has 1 aliphatic rings. The fraction of sp³-hybridized carbons (Fsp3) is 0.103. The van der Waals surface area contributed by atoms with E-state index in [0.717, 1.165) is 33.9 Å². The molecule has 6 heteroatoms. The number of ether oxygens (including phenoxy) is 1. The van der Waals surface area contributed by atoms with Crippen LogP contribution in [0.1, 0.15) is 23.6 Å². The van der Waals surface area contributed by atoms with Gasteiger partial charge in [0.2, 0.25) is 0 Å². The average molecular weight is 481 g/mol. The maximum Gasteiger partial charge on any atom is 0.347 e. The predicted molar refractivity (Wildman–Crippen MR) is 138 cm³/mol. The highest BCUT2D eigenvalue weighted by Gasteiger charge is 2.37. The summed E-state index contributed by atoms with van der Waals surface area (Å²) in [5.74, 6) is -1.26. The molecule has 0 radical (unpaired) electrons. The second kappa shape index (κ2) is 8.29. The molecule has 172 valence electrons. The van der Waals surface area contributed by atoms with Crippen LogP contribution in [0, 0.1) is 0 Å². The number of rotatable bonds is 5. The summed E-state index contributed by atoms with van der Waals surface area (Å²) in [5, 5.41) is 2.34. The molecule has 0 unspecified atom stereocenters. The Morgan fingerprint density at radius 2 is 1.37 bits per heavy atom. The Kier molecular flexibility index (Phi) is 5.08. The van der Waals surface area contributed by atoms with Crippen LogP contribution in [0.4, 0.5) is 0 Å². The van der Waals surface area contributed by atoms with Crippen molar-refractivity contribution < 1.29 is 14.3 Å². The summed E-state index contributed by atoms with van der Waals surface area (Å²) in [6.07, 6.45) is 3.85. The monoisotopic (exact) mass is 480 g/mol. The van der Waals surface area contributed by atoms with Crippen molar-refractivity contribution in [2.45, 2.75) is 20.0 Å². The molecule has 2 aromatic heterocycles. The van der Waals surface area contributed by atoms with Crippen LogP contribution in [-0.2, 0) is 27.4 Å². The number of para-hydroxylation sites is 1. The minimum absolute atomic E-state index is 0.285. The van der Waals surface area contributed by atoms with Gasteiger partial charge in [-0.25, -0.2) is 9.59 Å². The Labute approximate surface area is 206 Å². The second-order valence-corrected chi connectivity index (χ2v) is 9.03. The zero-order valence-corrected chi connectivity index (χ0v) is 19.8. The number of hydrogen-bond donors (Lipinski definition) is 0. The van der Waals surface area contributed by atoms with Crippen LogP contribution >= 0.6 is 11.6 Å². The Balaban J connectivity index is 1.62. The molecule has 0 saturated carbocycles. The molecule has 0 spiro atoms. The van der Waals surface area contributed by atoms with E-state index in [1.165, 1.54) is 0 Å². The highest BCUT2D eigenvalue weighted by molar-refractivity contribution is 6.47. The van der Waals surface area contributed by atoms with Gasteiger partial charge in [-0.15, -0.1) is 0 Å². The van der Waals surface area contributed by atoms with Crippen LogP contribution in [0.5, 0.6) is 0 Å². The predicted octanol–water partition coefficient (Wildman–Crippen LogP) is 6.31. The van der Waals surface area contributed by atoms with E-state index in [2.05, 4.69) is 9.13 Å². The van der Waals surface area contributed by atoms with Gasteiger partial charge in [0.15, 0.2) is 0 Å². The van der Waals surface area contributed by atoms with Gasteiger partial charge in [-0.2, -0.15) is 0 Å². The van der Waals surface area contributed by atoms with Gasteiger partial charge in [-0.3, -0.25) is 0 Å². The normalized spacial score (nSPS) is 13.9. The van der Waals surface area contributed by atoms with Gasteiger partial charge in [0, 0.05) is 57.9 Å². The smallest absolute Gasteiger partial charge is 0.347 e. The fourth-order valence-electron chi connectivity index (χ4n) is 4.96. The van der Waals surface area contributed by atoms with E-state index in [9.17, 15) is 9.59 Å². The molecule has 0 fully saturated rings. The Hall–Kier alpha value is -4.09. The standard InChI is InChI=1S/C29H21ClN2O3/c1-2-31-16-22(20-10-6-7-11-24(20)31)26-27(29(34)35-28(26)33)23-17-32(15-18-8-4-3-5-9-18)25-14-19(30)12-13-21(23)25/h3-14,16-17H,2,15H2,1H3. The lowest BCUT2D eigenvalue weighted by molar-refractivity contribution is -0.149. The number of carbonyl (C=O) groups is 2. The SMILES string of the molecule is CCn1cc(C2=C(c3cn(Cc4ccccc4)c4cc(Cl)ccc34)C(=O)OC2=O)c2ccccc21. The first-order valence-corrected chi connectivity index (χ1v) is 11.8. The number of cyclic esters (lactones) is 2. The molecule has 0 saturated heterocycles. The molecule has 0 bridgehead atoms. The third-order valence-corrected chi connectivity index (χ3v) is 6.79. The first-order chi connectivity index (χ1) is 17.0. The van der Waals surface area contributed by atoms with Crippen molar-refractivity contribution in [1.29, 1.82) is 0 Å². The number of halogens is 1. The molecule has 0 N–H and O–H groups in total. The molecule has 0 aliphatic carbocycles. The Morgan fingerprint density at radius 3 is 2.09 bits per heavy atom. The van der Waals surface area contributed by atoms with E-state index in [4.69, 9.17) is 16.3 Å². The highest BCUT2D eigenvalue weighted by Crippen LogP contribution is 2.41. The van der Waals surface area contributed by atoms with Crippen molar-refractivity contribution >= 4 is 56.5 Å². The number of hydrogen-bond acceptors (Lipinski definition) is 3. The van der Waals surface area contributed by atoms with E-state index in [1.807, 2.05) is 86.0 Å². The molecular formula is C29H21ClN2O3. The molecule has 0 atom stereocenters. The number of carbonyl (C=O) groups excluding carboxylic acids is 2. The molecular weight excluding hydrogens is 460 g/mol. The van der Waals surface area contributed by atoms with E-state index in [1.54, 1.807) is 6.07 Å². The third kappa shape index (κ3) is 3.47. The topological polar surface area (TPSA) is 53.2 Å². The zero-order chi connectivity index (χ0) is 24.1. The summed E-state index contributed by atoms with van der Waals surface area (Å²) >= 11 is 6.35. The lowest BCUT2D eigenvalue weighted by Crippen LogP contribution is -2.02. The van der Waals surface area contributed by atoms with Crippen LogP contribution < -0.4 is 0 Å². The number of benzene rings is 3. The maximum absolute atomic E-state index is 13.1. The number of aryl methyl sites for hydroxylation is 1. The fourth-order valence-corrected chi connectivity index (χ4v) is 5.13. The second-order valence-electron chi connectivity index (χ2n) is 8.59. The maximum atomic E-state index is 13.1. The first kappa shape index (κ1) is 21.4. The van der Waals surface area contributed by atoms with Crippen molar-refractivity contribution in [1.82, 2.24) is 9.13 Å². The van der Waals surface area contributed by atoms with Gasteiger partial charge >= 0.3 is 11.9 Å². The van der Waals surface area contributed by atoms with Gasteiger partial charge in [0.1, 0.15) is 0 Å². The van der Waals surface area contributed by atoms with Crippen LogP contribution in [0.25, 0.3) is 33.0 Å². The lowest BCUT2D eigenvalue weighted by atomic mass is 9.95. The summed E-state index contributed by atoms with van der Waals surface area (Å²) in [4.78, 5) is 26.2. The van der Waals surface area contributed by atoms with E-state index in [-0.39, 0.29) is 5.57 Å². The molecule has 3 heterocycles. The average Bonchev–Trinajstić information content (AvgIpc) is 3.50. The minimum atomic E-state index is -0.632. The summed E-state index contributed by atoms with van der Waals surface area (Å²) in [6, 6.07) is 23.5. The van der Waals surface area contributed by atoms with E-state index < -0.39 is 11.9 Å². The van der Waals surface area contributed by atoms with Gasteiger partial charge in [0.05, 0.1) is 16.7 Å². The van der Waals surface area contributed by atoms with Crippen LogP contribution in [-0.4, -0.2) is 21.1 Å². The first-order valence-electron chi connectivity index (χ1n) is 11.5. The summed E-state index contributed by atoms with van der Waals surface area (Å²) < 4.78 is 9.32. The van der Waals surface area contributed by atoms with Crippen LogP contribution in [0.15, 0.2) is 85.2 Å². The number of esters is 2. The van der Waals surface area contributed by atoms with Crippen LogP contribution in [0.2, 0.25) is 5.02 Å². The van der Waals surface area contributed by atoms with Gasteiger partial charge in [-0.1, -0.05) is 66.2 Å². The molecule has 1 aliphatic heterocycles. The minimum Gasteiger partial charge on any atom is -0.386 e. The van der Waals surface area contributed by atoms with Crippen molar-refractivity contribution in [3.05, 3.63) is 107 Å². The van der Waals surface area contributed by atoms with E-state index >= 15 is 0 Å². The van der Waals surface area contributed by atoms with Gasteiger partial charge < -0.3 is 13.9 Å². The molecule has 35 heavy (non-hydrogen) atoms. The van der Waals surface area contributed by atoms with Crippen LogP contribution in [0.3, 0.4) is 0 Å². The summed E-state index contributed by atoms with van der Waals surface area (Å²) in [7, 11) is 0. The quantitative estimate of drug-likeness (QED) is 0.219. The summed E-state index contributed by atoms with van der Waals surface area (Å²) in [6.45, 7) is 3.38. The Bertz CT molecular complexity index is 1670. The highest BCUT2D eigenvalue weighted by atomic mass is 35.5. The molecule has 6 rings (SSSR count). The molecule has 5 aromatic rings. The molecule has 3 aromatic carbocycles. The van der Waals surface area contributed by atoms with Crippen molar-refractivity contribution in [2.75, 3.05) is 0 Å². The van der Waals surface area contributed by atoms with Gasteiger partial charge in [0.25, 0.3) is 0 Å². The molecule has 5 nitrogen and oxygen atoms in total. The number of nitrogens with zero attached hydrogens (tertiary/aromatic N) is 2. The van der Waals surface area contributed by atoms with Gasteiger partial charge in [-0.05, 0) is 30.7 Å². The molecule has 0 amide bonds. The number of fused-ring (bicyclic) bond motifs is 2. The largest absolute Gasteiger partial charge is 0.386 e. The zero-order valence-electron chi connectivity index (χ0n) is 19.0. The van der Waals surface area contributed by atoms with E-state index in [0.29, 0.717) is 28.3 Å². The van der Waals surface area contributed by atoms with Crippen molar-refractivity contribution in [2.24, 2.45) is 0 Å². The van der Waals surface area contributed by atoms with Crippen molar-refractivity contribution in [3.8, 4) is 0 Å². The number of aromatic nitrogens is 2. The summed E-state index contributed by atoms with van der Waals surface area (Å²) in [5.41, 5.74) is 4.94.